The van der Waals surface area contributed by atoms with Crippen LogP contribution in [0, 0.1) is 0 Å². The lowest BCUT2D eigenvalue weighted by Gasteiger charge is -2.33. The quantitative estimate of drug-likeness (QED) is 0.918. The molecule has 0 aliphatic carbocycles. The fourth-order valence-electron chi connectivity index (χ4n) is 2.57. The van der Waals surface area contributed by atoms with Gasteiger partial charge < -0.3 is 14.7 Å². The van der Waals surface area contributed by atoms with E-state index >= 15 is 0 Å². The average Bonchev–Trinajstić information content (AvgIpc) is 2.39. The molecule has 1 aliphatic heterocycles. The zero-order valence-corrected chi connectivity index (χ0v) is 13.2. The molecule has 1 aromatic carbocycles. The van der Waals surface area contributed by atoms with Gasteiger partial charge in [0.1, 0.15) is 0 Å². The van der Waals surface area contributed by atoms with Crippen molar-refractivity contribution < 1.29 is 9.84 Å². The van der Waals surface area contributed by atoms with Crippen molar-refractivity contribution in [2.24, 2.45) is 0 Å². The van der Waals surface area contributed by atoms with Crippen LogP contribution in [-0.4, -0.2) is 30.9 Å². The predicted molar refractivity (Wildman–Crippen MR) is 81.6 cm³/mol. The van der Waals surface area contributed by atoms with Gasteiger partial charge in [-0.2, -0.15) is 0 Å². The Labute approximate surface area is 123 Å². The molecule has 1 saturated heterocycles. The fourth-order valence-corrected chi connectivity index (χ4v) is 3.27. The van der Waals surface area contributed by atoms with Crippen LogP contribution in [0.3, 0.4) is 0 Å². The van der Waals surface area contributed by atoms with Crippen molar-refractivity contribution in [2.75, 3.05) is 24.6 Å². The van der Waals surface area contributed by atoms with E-state index in [-0.39, 0.29) is 0 Å². The van der Waals surface area contributed by atoms with Crippen LogP contribution in [0.5, 0.6) is 0 Å². The molecular weight excluding hydrogens is 306 g/mol. The topological polar surface area (TPSA) is 32.7 Å². The third kappa shape index (κ3) is 3.71. The first-order valence-corrected chi connectivity index (χ1v) is 7.75. The number of halogens is 1. The summed E-state index contributed by atoms with van der Waals surface area (Å²) >= 11 is 3.54. The number of anilines is 1. The Hall–Kier alpha value is -0.580. The van der Waals surface area contributed by atoms with E-state index in [0.29, 0.717) is 6.10 Å². The number of benzene rings is 1. The smallest absolute Gasteiger partial charge is 0.0772 e. The van der Waals surface area contributed by atoms with E-state index in [4.69, 9.17) is 4.74 Å². The minimum Gasteiger partial charge on any atom is -0.389 e. The molecule has 1 N–H and O–H groups in total. The van der Waals surface area contributed by atoms with Gasteiger partial charge in [-0.25, -0.2) is 0 Å². The first-order chi connectivity index (χ1) is 9.11. The van der Waals surface area contributed by atoms with E-state index in [1.54, 1.807) is 6.92 Å². The van der Waals surface area contributed by atoms with Gasteiger partial charge in [0.15, 0.2) is 0 Å². The highest BCUT2D eigenvalue weighted by Gasteiger charge is 2.20. The molecule has 1 atom stereocenters. The van der Waals surface area contributed by atoms with Gasteiger partial charge in [-0.05, 0) is 44.4 Å². The fraction of sp³-hybridized carbons (Fsp3) is 0.600. The minimum absolute atomic E-state index is 0.418. The van der Waals surface area contributed by atoms with Gasteiger partial charge >= 0.3 is 0 Å². The van der Waals surface area contributed by atoms with E-state index in [9.17, 15) is 5.11 Å². The van der Waals surface area contributed by atoms with Crippen molar-refractivity contribution in [3.8, 4) is 0 Å². The molecule has 0 saturated carbocycles. The molecule has 3 nitrogen and oxygen atoms in total. The SMILES string of the molecule is CCOC1CCN(c2ccc([C@@H](C)O)c(Br)c2)CC1. The predicted octanol–water partition coefficient (Wildman–Crippen LogP) is 3.51. The molecular formula is C15H22BrNO2. The third-order valence-corrected chi connectivity index (χ3v) is 4.33. The zero-order chi connectivity index (χ0) is 13.8. The molecule has 0 amide bonds. The van der Waals surface area contributed by atoms with Crippen LogP contribution in [-0.2, 0) is 4.74 Å². The van der Waals surface area contributed by atoms with Crippen LogP contribution < -0.4 is 4.90 Å². The third-order valence-electron chi connectivity index (χ3n) is 3.64. The molecule has 1 heterocycles. The van der Waals surface area contributed by atoms with Crippen molar-refractivity contribution in [3.05, 3.63) is 28.2 Å². The Morgan fingerprint density at radius 2 is 2.11 bits per heavy atom. The maximum Gasteiger partial charge on any atom is 0.0772 e. The number of aliphatic hydroxyl groups excluding tert-OH is 1. The van der Waals surface area contributed by atoms with Crippen LogP contribution >= 0.6 is 15.9 Å². The summed E-state index contributed by atoms with van der Waals surface area (Å²) < 4.78 is 6.65. The molecule has 1 aliphatic rings. The molecule has 1 aromatic rings. The van der Waals surface area contributed by atoms with Gasteiger partial charge in [-0.3, -0.25) is 0 Å². The molecule has 1 fully saturated rings. The summed E-state index contributed by atoms with van der Waals surface area (Å²) in [5, 5.41) is 9.64. The minimum atomic E-state index is -0.438. The van der Waals surface area contributed by atoms with Crippen molar-refractivity contribution >= 4 is 21.6 Å². The summed E-state index contributed by atoms with van der Waals surface area (Å²) in [6.07, 6.45) is 2.15. The van der Waals surface area contributed by atoms with E-state index in [2.05, 4.69) is 39.9 Å². The summed E-state index contributed by atoms with van der Waals surface area (Å²) in [4.78, 5) is 2.38. The van der Waals surface area contributed by atoms with E-state index in [1.165, 1.54) is 5.69 Å². The summed E-state index contributed by atoms with van der Waals surface area (Å²) in [6.45, 7) is 6.71. The van der Waals surface area contributed by atoms with E-state index in [1.807, 2.05) is 6.07 Å². The molecule has 0 aromatic heterocycles. The summed E-state index contributed by atoms with van der Waals surface area (Å²) in [6, 6.07) is 6.19. The van der Waals surface area contributed by atoms with Crippen LogP contribution in [0.4, 0.5) is 5.69 Å². The molecule has 0 spiro atoms. The van der Waals surface area contributed by atoms with E-state index in [0.717, 1.165) is 42.6 Å². The van der Waals surface area contributed by atoms with Gasteiger partial charge in [0, 0.05) is 29.9 Å². The molecule has 106 valence electrons. The standard InChI is InChI=1S/C15H22BrNO2/c1-3-19-13-6-8-17(9-7-13)12-4-5-14(11(2)18)15(16)10-12/h4-5,10-11,13,18H,3,6-9H2,1-2H3/t11-/m1/s1. The monoisotopic (exact) mass is 327 g/mol. The maximum absolute atomic E-state index is 9.64. The molecule has 2 rings (SSSR count). The summed E-state index contributed by atoms with van der Waals surface area (Å²) in [5.41, 5.74) is 2.15. The number of aliphatic hydroxyl groups is 1. The Balaban J connectivity index is 2.02. The number of hydrogen-bond acceptors (Lipinski definition) is 3. The lowest BCUT2D eigenvalue weighted by molar-refractivity contribution is 0.0459. The number of hydrogen-bond donors (Lipinski definition) is 1. The van der Waals surface area contributed by atoms with Gasteiger partial charge in [0.2, 0.25) is 0 Å². The Morgan fingerprint density at radius 3 is 2.63 bits per heavy atom. The van der Waals surface area contributed by atoms with Crippen molar-refractivity contribution in [3.63, 3.8) is 0 Å². The first kappa shape index (κ1) is 14.8. The Kier molecular flexibility index (Phi) is 5.25. The summed E-state index contributed by atoms with van der Waals surface area (Å²) in [5.74, 6) is 0. The Bertz CT molecular complexity index is 415. The molecule has 19 heavy (non-hydrogen) atoms. The van der Waals surface area contributed by atoms with Crippen molar-refractivity contribution in [1.82, 2.24) is 0 Å². The second kappa shape index (κ2) is 6.73. The highest BCUT2D eigenvalue weighted by molar-refractivity contribution is 9.10. The second-order valence-electron chi connectivity index (χ2n) is 5.02. The highest BCUT2D eigenvalue weighted by Crippen LogP contribution is 2.29. The maximum atomic E-state index is 9.64. The van der Waals surface area contributed by atoms with Crippen molar-refractivity contribution in [1.29, 1.82) is 0 Å². The number of rotatable bonds is 4. The lowest BCUT2D eigenvalue weighted by Crippen LogP contribution is -2.37. The molecule has 4 heteroatoms. The second-order valence-corrected chi connectivity index (χ2v) is 5.88. The van der Waals surface area contributed by atoms with Gasteiger partial charge in [-0.15, -0.1) is 0 Å². The molecule has 0 radical (unpaired) electrons. The van der Waals surface area contributed by atoms with E-state index < -0.39 is 6.10 Å². The zero-order valence-electron chi connectivity index (χ0n) is 11.6. The Morgan fingerprint density at radius 1 is 1.42 bits per heavy atom. The number of nitrogens with zero attached hydrogens (tertiary/aromatic N) is 1. The summed E-state index contributed by atoms with van der Waals surface area (Å²) in [7, 11) is 0. The number of ether oxygens (including phenoxy) is 1. The average molecular weight is 328 g/mol. The van der Waals surface area contributed by atoms with Crippen molar-refractivity contribution in [2.45, 2.75) is 38.9 Å². The van der Waals surface area contributed by atoms with Gasteiger partial charge in [0.25, 0.3) is 0 Å². The molecule has 0 bridgehead atoms. The number of piperidine rings is 1. The van der Waals surface area contributed by atoms with Gasteiger partial charge in [0.05, 0.1) is 12.2 Å². The largest absolute Gasteiger partial charge is 0.389 e. The highest BCUT2D eigenvalue weighted by atomic mass is 79.9. The normalized spacial score (nSPS) is 18.6. The first-order valence-electron chi connectivity index (χ1n) is 6.96. The van der Waals surface area contributed by atoms with Crippen LogP contribution in [0.15, 0.2) is 22.7 Å². The lowest BCUT2D eigenvalue weighted by atomic mass is 10.1. The van der Waals surface area contributed by atoms with Crippen LogP contribution in [0.1, 0.15) is 38.4 Å². The van der Waals surface area contributed by atoms with Gasteiger partial charge in [-0.1, -0.05) is 22.0 Å². The van der Waals surface area contributed by atoms with Crippen LogP contribution in [0.25, 0.3) is 0 Å². The molecule has 0 unspecified atom stereocenters. The van der Waals surface area contributed by atoms with Crippen LogP contribution in [0.2, 0.25) is 0 Å².